The topological polar surface area (TPSA) is 70.2 Å². The molecular formula is C31H27F6N3O4. The molecule has 3 aromatic carbocycles. The van der Waals surface area contributed by atoms with Crippen molar-refractivity contribution in [1.29, 1.82) is 0 Å². The van der Waals surface area contributed by atoms with Crippen LogP contribution in [0.3, 0.4) is 0 Å². The third kappa shape index (κ3) is 6.98. The molecule has 0 spiro atoms. The van der Waals surface area contributed by atoms with Gasteiger partial charge in [-0.25, -0.2) is 4.79 Å². The Labute approximate surface area is 248 Å². The second-order valence-electron chi connectivity index (χ2n) is 10.7. The number of ether oxygens (including phenoxy) is 1. The van der Waals surface area contributed by atoms with E-state index in [9.17, 15) is 40.7 Å². The highest BCUT2D eigenvalue weighted by molar-refractivity contribution is 5.89. The number of piperazine rings is 1. The lowest BCUT2D eigenvalue weighted by molar-refractivity contribution is -0.165. The van der Waals surface area contributed by atoms with E-state index < -0.39 is 53.8 Å². The lowest BCUT2D eigenvalue weighted by Crippen LogP contribution is -2.69. The number of halogens is 6. The molecule has 0 aromatic heterocycles. The van der Waals surface area contributed by atoms with Crippen LogP contribution < -0.4 is 0 Å². The molecule has 2 aliphatic rings. The molecular weight excluding hydrogens is 592 g/mol. The maximum Gasteiger partial charge on any atom is 0.416 e. The van der Waals surface area contributed by atoms with Crippen LogP contribution in [0.5, 0.6) is 0 Å². The van der Waals surface area contributed by atoms with E-state index in [1.54, 1.807) is 42.5 Å². The van der Waals surface area contributed by atoms with E-state index in [0.29, 0.717) is 12.1 Å². The highest BCUT2D eigenvalue weighted by Gasteiger charge is 2.47. The smallest absolute Gasteiger partial charge is 0.416 e. The van der Waals surface area contributed by atoms with Gasteiger partial charge >= 0.3 is 18.4 Å². The van der Waals surface area contributed by atoms with Crippen LogP contribution in [0.25, 0.3) is 0 Å². The van der Waals surface area contributed by atoms with Gasteiger partial charge in [0.15, 0.2) is 0 Å². The zero-order chi connectivity index (χ0) is 31.6. The maximum absolute atomic E-state index is 13.5. The van der Waals surface area contributed by atoms with Crippen molar-refractivity contribution in [2.45, 2.75) is 38.1 Å². The van der Waals surface area contributed by atoms with Crippen LogP contribution in [0.15, 0.2) is 78.9 Å². The van der Waals surface area contributed by atoms with Gasteiger partial charge in [-0.3, -0.25) is 14.5 Å². The SMILES string of the molecule is O=C1CN2C(=O)C(Cc3ccccc3)CN(C(=O)OCc3cc(C(F)(F)F)cc(C(F)(F)F)c3)C2CN1Cc1ccccc1. The van der Waals surface area contributed by atoms with Crippen LogP contribution in [0.1, 0.15) is 27.8 Å². The fourth-order valence-corrected chi connectivity index (χ4v) is 5.45. The van der Waals surface area contributed by atoms with Crippen molar-refractivity contribution < 1.29 is 45.5 Å². The Morgan fingerprint density at radius 3 is 1.91 bits per heavy atom. The number of hydrogen-bond donors (Lipinski definition) is 0. The van der Waals surface area contributed by atoms with Crippen LogP contribution in [0, 0.1) is 5.92 Å². The summed E-state index contributed by atoms with van der Waals surface area (Å²) in [6, 6.07) is 19.0. The highest BCUT2D eigenvalue weighted by Crippen LogP contribution is 2.37. The second-order valence-corrected chi connectivity index (χ2v) is 10.7. The summed E-state index contributed by atoms with van der Waals surface area (Å²) in [6.07, 6.45) is -11.9. The zero-order valence-electron chi connectivity index (χ0n) is 23.1. The first-order chi connectivity index (χ1) is 20.8. The molecule has 2 fully saturated rings. The lowest BCUT2D eigenvalue weighted by Gasteiger charge is -2.50. The number of nitrogens with zero attached hydrogens (tertiary/aromatic N) is 3. The molecule has 0 radical (unpaired) electrons. The summed E-state index contributed by atoms with van der Waals surface area (Å²) < 4.78 is 85.3. The van der Waals surface area contributed by atoms with Gasteiger partial charge in [0.2, 0.25) is 11.8 Å². The van der Waals surface area contributed by atoms with Crippen molar-refractivity contribution in [3.63, 3.8) is 0 Å². The van der Waals surface area contributed by atoms with E-state index in [2.05, 4.69) is 0 Å². The van der Waals surface area contributed by atoms with Crippen molar-refractivity contribution in [3.05, 3.63) is 107 Å². The Kier molecular flexibility index (Phi) is 8.57. The van der Waals surface area contributed by atoms with Gasteiger partial charge < -0.3 is 14.5 Å². The van der Waals surface area contributed by atoms with Gasteiger partial charge in [-0.2, -0.15) is 26.3 Å². The number of amides is 3. The van der Waals surface area contributed by atoms with E-state index in [1.165, 1.54) is 14.7 Å². The second kappa shape index (κ2) is 12.2. The summed E-state index contributed by atoms with van der Waals surface area (Å²) in [7, 11) is 0. The van der Waals surface area contributed by atoms with Gasteiger partial charge in [0, 0.05) is 13.1 Å². The molecule has 0 aliphatic carbocycles. The molecule has 7 nitrogen and oxygen atoms in total. The average Bonchev–Trinajstić information content (AvgIpc) is 2.98. The number of carbonyl (C=O) groups is 3. The quantitative estimate of drug-likeness (QED) is 0.331. The first kappa shape index (κ1) is 30.9. The van der Waals surface area contributed by atoms with Crippen molar-refractivity contribution >= 4 is 17.9 Å². The Morgan fingerprint density at radius 1 is 0.773 bits per heavy atom. The lowest BCUT2D eigenvalue weighted by atomic mass is 9.93. The third-order valence-electron chi connectivity index (χ3n) is 7.60. The predicted octanol–water partition coefficient (Wildman–Crippen LogP) is 5.73. The summed E-state index contributed by atoms with van der Waals surface area (Å²) in [5.41, 5.74) is -1.94. The monoisotopic (exact) mass is 619 g/mol. The van der Waals surface area contributed by atoms with E-state index in [-0.39, 0.29) is 50.5 Å². The number of carbonyl (C=O) groups excluding carboxylic acids is 3. The van der Waals surface area contributed by atoms with Crippen molar-refractivity contribution in [2.75, 3.05) is 19.6 Å². The molecule has 2 saturated heterocycles. The third-order valence-corrected chi connectivity index (χ3v) is 7.60. The van der Waals surface area contributed by atoms with Gasteiger partial charge in [0.05, 0.1) is 23.6 Å². The molecule has 2 unspecified atom stereocenters. The van der Waals surface area contributed by atoms with Crippen LogP contribution in [-0.4, -0.2) is 58.4 Å². The van der Waals surface area contributed by atoms with Crippen LogP contribution in [-0.2, 0) is 46.3 Å². The summed E-state index contributed by atoms with van der Waals surface area (Å²) in [6.45, 7) is -1.17. The van der Waals surface area contributed by atoms with Gasteiger partial charge in [-0.1, -0.05) is 60.7 Å². The number of alkyl halides is 6. The Morgan fingerprint density at radius 2 is 1.34 bits per heavy atom. The first-order valence-electron chi connectivity index (χ1n) is 13.7. The minimum atomic E-state index is -5.06. The van der Waals surface area contributed by atoms with E-state index in [0.717, 1.165) is 11.1 Å². The van der Waals surface area contributed by atoms with Crippen molar-refractivity contribution in [1.82, 2.24) is 14.7 Å². The fraction of sp³-hybridized carbons (Fsp3) is 0.323. The molecule has 5 rings (SSSR count). The van der Waals surface area contributed by atoms with Gasteiger partial charge in [0.1, 0.15) is 19.3 Å². The number of hydrogen-bond acceptors (Lipinski definition) is 4. The Hall–Kier alpha value is -4.55. The minimum Gasteiger partial charge on any atom is -0.444 e. The molecule has 13 heteroatoms. The molecule has 3 amide bonds. The van der Waals surface area contributed by atoms with Crippen LogP contribution in [0.4, 0.5) is 31.1 Å². The number of rotatable bonds is 6. The number of fused-ring (bicyclic) bond motifs is 1. The van der Waals surface area contributed by atoms with E-state index in [1.807, 2.05) is 18.2 Å². The molecule has 0 saturated carbocycles. The van der Waals surface area contributed by atoms with Crippen molar-refractivity contribution in [2.24, 2.45) is 5.92 Å². The summed E-state index contributed by atoms with van der Waals surface area (Å²) in [5, 5.41) is 0. The molecule has 2 atom stereocenters. The van der Waals surface area contributed by atoms with Crippen LogP contribution >= 0.6 is 0 Å². The van der Waals surface area contributed by atoms with Gasteiger partial charge in [-0.15, -0.1) is 0 Å². The van der Waals surface area contributed by atoms with Crippen LogP contribution in [0.2, 0.25) is 0 Å². The van der Waals surface area contributed by atoms with E-state index >= 15 is 0 Å². The largest absolute Gasteiger partial charge is 0.444 e. The minimum absolute atomic E-state index is 0.00597. The molecule has 0 bridgehead atoms. The Balaban J connectivity index is 1.40. The average molecular weight is 620 g/mol. The standard InChI is InChI=1S/C31H27F6N3O4/c32-30(33,34)24-12-22(13-25(14-24)31(35,36)37)19-44-29(43)40-16-23(11-20-7-3-1-4-8-20)28(42)39-18-27(41)38(17-26(39)40)15-21-9-5-2-6-10-21/h1-10,12-14,23,26H,11,15-19H2. The Bertz CT molecular complexity index is 1480. The normalized spacial score (nSPS) is 19.2. The van der Waals surface area contributed by atoms with Gasteiger partial charge in [0.25, 0.3) is 0 Å². The summed E-state index contributed by atoms with van der Waals surface area (Å²) in [4.78, 5) is 44.1. The molecule has 3 aromatic rings. The zero-order valence-corrected chi connectivity index (χ0v) is 23.1. The fourth-order valence-electron chi connectivity index (χ4n) is 5.45. The maximum atomic E-state index is 13.5. The first-order valence-corrected chi connectivity index (χ1v) is 13.7. The predicted molar refractivity (Wildman–Crippen MR) is 144 cm³/mol. The molecule has 2 heterocycles. The summed E-state index contributed by atoms with van der Waals surface area (Å²) in [5.74, 6) is -1.45. The number of benzene rings is 3. The molecule has 2 aliphatic heterocycles. The summed E-state index contributed by atoms with van der Waals surface area (Å²) >= 11 is 0. The molecule has 44 heavy (non-hydrogen) atoms. The van der Waals surface area contributed by atoms with Gasteiger partial charge in [-0.05, 0) is 41.3 Å². The van der Waals surface area contributed by atoms with E-state index in [4.69, 9.17) is 4.74 Å². The molecule has 0 N–H and O–H groups in total. The molecule has 232 valence electrons. The van der Waals surface area contributed by atoms with Crippen molar-refractivity contribution in [3.8, 4) is 0 Å². The highest BCUT2D eigenvalue weighted by atomic mass is 19.4.